The van der Waals surface area contributed by atoms with Crippen molar-refractivity contribution in [3.05, 3.63) is 41.5 Å². The Morgan fingerprint density at radius 1 is 0.836 bits per heavy atom. The van der Waals surface area contributed by atoms with Gasteiger partial charge in [-0.05, 0) is 141 Å². The molecule has 9 unspecified atom stereocenters. The summed E-state index contributed by atoms with van der Waals surface area (Å²) in [7, 11) is -2.84. The molecule has 4 aliphatic carbocycles. The Bertz CT molecular complexity index is 2120. The van der Waals surface area contributed by atoms with E-state index in [1.165, 1.54) is 5.57 Å². The fourth-order valence-electron chi connectivity index (χ4n) is 13.4. The number of carbonyl (C=O) groups excluding carboxylic acids is 2. The van der Waals surface area contributed by atoms with Gasteiger partial charge in [0.1, 0.15) is 29.3 Å². The van der Waals surface area contributed by atoms with Gasteiger partial charge >= 0.3 is 5.97 Å². The van der Waals surface area contributed by atoms with Crippen molar-refractivity contribution in [1.29, 1.82) is 0 Å². The minimum Gasteiger partial charge on any atom is -0.497 e. The van der Waals surface area contributed by atoms with Gasteiger partial charge < -0.3 is 52.6 Å². The lowest BCUT2D eigenvalue weighted by Crippen LogP contribution is -2.63. The van der Waals surface area contributed by atoms with E-state index >= 15 is 0 Å². The van der Waals surface area contributed by atoms with Crippen molar-refractivity contribution < 1.29 is 62.2 Å². The fraction of sp³-hybridized carbons (Fsp3) is 0.828. The maximum atomic E-state index is 14.4. The zero-order valence-electron chi connectivity index (χ0n) is 47.7. The molecule has 0 spiro atoms. The molecule has 414 valence electrons. The summed E-state index contributed by atoms with van der Waals surface area (Å²) in [5, 5.41) is 37.4. The second-order valence-electron chi connectivity index (χ2n) is 27.2. The van der Waals surface area contributed by atoms with E-state index in [0.29, 0.717) is 36.3 Å². The lowest BCUT2D eigenvalue weighted by atomic mass is 9.46. The van der Waals surface area contributed by atoms with Crippen LogP contribution in [-0.2, 0) is 37.3 Å². The van der Waals surface area contributed by atoms with Crippen LogP contribution in [-0.4, -0.2) is 125 Å². The third-order valence-electron chi connectivity index (χ3n) is 20.3. The summed E-state index contributed by atoms with van der Waals surface area (Å²) in [6, 6.07) is 6.48. The molecule has 0 amide bonds. The van der Waals surface area contributed by atoms with E-state index < -0.39 is 94.7 Å². The SMILES string of the molecule is COc1ccc(C(=O)OC2C(OC3C(O)COC(O[C@H]4C[C@H]5[C@@H]6CC=C7C[C@@H](O[Si](C)(C)C(C)(C)C)CC[C@]7(C)C6CC[C@]5(C)[C@@]4(O)[C@H](C)C(=O)CCC(C)C)C3C)OCC(O[Si](C)(C)C(C)(C)C)C2O)cc1. The van der Waals surface area contributed by atoms with Crippen molar-refractivity contribution in [2.75, 3.05) is 20.3 Å². The number of hydrogen-bond donors (Lipinski definition) is 3. The largest absolute Gasteiger partial charge is 0.497 e. The second-order valence-corrected chi connectivity index (χ2v) is 36.7. The molecule has 2 heterocycles. The lowest BCUT2D eigenvalue weighted by molar-refractivity contribution is -0.332. The lowest BCUT2D eigenvalue weighted by Gasteiger charge is -2.60. The van der Waals surface area contributed by atoms with E-state index in [-0.39, 0.29) is 52.1 Å². The zero-order valence-corrected chi connectivity index (χ0v) is 49.7. The number of fused-ring (bicyclic) bond motifs is 5. The molecule has 1 aromatic rings. The zero-order chi connectivity index (χ0) is 54.0. The van der Waals surface area contributed by atoms with Crippen molar-refractivity contribution in [1.82, 2.24) is 0 Å². The van der Waals surface area contributed by atoms with Gasteiger partial charge in [-0.3, -0.25) is 4.79 Å². The molecule has 7 rings (SSSR count). The molecule has 1 aromatic carbocycles. The van der Waals surface area contributed by atoms with Crippen LogP contribution < -0.4 is 4.74 Å². The number of esters is 1. The van der Waals surface area contributed by atoms with E-state index in [4.69, 9.17) is 37.3 Å². The number of aliphatic hydroxyl groups excluding tert-OH is 2. The Labute approximate surface area is 440 Å². The van der Waals surface area contributed by atoms with Crippen molar-refractivity contribution in [2.45, 2.75) is 238 Å². The average molecular weight is 1060 g/mol. The van der Waals surface area contributed by atoms with E-state index in [1.807, 2.05) is 13.8 Å². The van der Waals surface area contributed by atoms with Gasteiger partial charge in [-0.15, -0.1) is 0 Å². The maximum absolute atomic E-state index is 14.4. The number of hydrogen-bond acceptors (Lipinski definition) is 13. The Balaban J connectivity index is 1.15. The van der Waals surface area contributed by atoms with Crippen LogP contribution in [0, 0.1) is 46.3 Å². The van der Waals surface area contributed by atoms with Gasteiger partial charge in [-0.1, -0.05) is 94.7 Å². The summed E-state index contributed by atoms with van der Waals surface area (Å²) in [5.74, 6) is -0.287. The molecule has 0 radical (unpaired) electrons. The number of ether oxygens (including phenoxy) is 6. The molecule has 15 heteroatoms. The number of carbonyl (C=O) groups is 2. The standard InChI is InChI=1S/C58H96O13Si2/c1-34(2)18-25-44(59)36(4)58(63)47(31-43-41-24-21-38-30-40(70-72(14,15)54(5,6)7)26-28-56(38,11)42(41)27-29-57(43,58)12)67-52-35(3)49(45(60)32-65-52)69-53-50(68-51(62)37-19-22-39(64-13)23-20-37)48(61)46(33-66-53)71-73(16,17)55(8,9)10/h19-23,34-36,40-43,45-50,52-53,60-61,63H,18,24-33H2,1-17H3/t35?,36-,40+,41-,42?,43+,45?,46?,47+,48?,49?,50?,52?,53?,56+,57+,58-/m1/s1. The van der Waals surface area contributed by atoms with Crippen LogP contribution >= 0.6 is 0 Å². The number of ketones is 1. The minimum absolute atomic E-state index is 0.0292. The van der Waals surface area contributed by atoms with Gasteiger partial charge in [-0.2, -0.15) is 0 Å². The quantitative estimate of drug-likeness (QED) is 0.0813. The van der Waals surface area contributed by atoms with Crippen molar-refractivity contribution in [3.63, 3.8) is 0 Å². The molecule has 73 heavy (non-hydrogen) atoms. The molecule has 0 bridgehead atoms. The molecular weight excluding hydrogens is 961 g/mol. The van der Waals surface area contributed by atoms with Crippen LogP contribution in [0.2, 0.25) is 36.3 Å². The normalized spacial score (nSPS) is 38.7. The first kappa shape index (κ1) is 58.7. The summed E-state index contributed by atoms with van der Waals surface area (Å²) >= 11 is 0. The average Bonchev–Trinajstić information content (AvgIpc) is 3.54. The molecule has 5 fully saturated rings. The summed E-state index contributed by atoms with van der Waals surface area (Å²) < 4.78 is 51.6. The first-order chi connectivity index (χ1) is 33.8. The highest BCUT2D eigenvalue weighted by atomic mass is 28.4. The fourth-order valence-corrected chi connectivity index (χ4v) is 16.1. The monoisotopic (exact) mass is 1060 g/mol. The predicted molar refractivity (Wildman–Crippen MR) is 287 cm³/mol. The second kappa shape index (κ2) is 21.7. The van der Waals surface area contributed by atoms with Crippen LogP contribution in [0.25, 0.3) is 0 Å². The van der Waals surface area contributed by atoms with Gasteiger partial charge in [0.05, 0.1) is 44.2 Å². The van der Waals surface area contributed by atoms with E-state index in [1.54, 1.807) is 31.4 Å². The molecule has 2 saturated heterocycles. The minimum atomic E-state index is -2.44. The maximum Gasteiger partial charge on any atom is 0.338 e. The summed E-state index contributed by atoms with van der Waals surface area (Å²) in [5.41, 5.74) is -0.333. The number of rotatable bonds is 16. The van der Waals surface area contributed by atoms with Crippen LogP contribution in [0.5, 0.6) is 5.75 Å². The molecule has 17 atom stereocenters. The van der Waals surface area contributed by atoms with Gasteiger partial charge in [-0.25, -0.2) is 4.79 Å². The third kappa shape index (κ3) is 11.3. The van der Waals surface area contributed by atoms with E-state index in [0.717, 1.165) is 44.9 Å². The molecule has 2 aliphatic heterocycles. The molecule has 3 saturated carbocycles. The highest BCUT2D eigenvalue weighted by Crippen LogP contribution is 2.69. The number of methoxy groups -OCH3 is 1. The number of benzene rings is 1. The smallest absolute Gasteiger partial charge is 0.338 e. The van der Waals surface area contributed by atoms with Crippen LogP contribution in [0.15, 0.2) is 35.9 Å². The Morgan fingerprint density at radius 2 is 1.47 bits per heavy atom. The number of allylic oxidation sites excluding steroid dienone is 1. The topological polar surface area (TPSA) is 169 Å². The van der Waals surface area contributed by atoms with Crippen LogP contribution in [0.3, 0.4) is 0 Å². The molecule has 3 N–H and O–H groups in total. The summed E-state index contributed by atoms with van der Waals surface area (Å²) in [6.07, 6.45) is 1.56. The highest BCUT2D eigenvalue weighted by Gasteiger charge is 2.70. The van der Waals surface area contributed by atoms with Gasteiger partial charge in [0, 0.05) is 29.8 Å². The van der Waals surface area contributed by atoms with Crippen molar-refractivity contribution in [3.8, 4) is 5.75 Å². The van der Waals surface area contributed by atoms with Crippen molar-refractivity contribution >= 4 is 28.4 Å². The number of aliphatic hydroxyl groups is 3. The molecular formula is C58H96O13Si2. The first-order valence-electron chi connectivity index (χ1n) is 27.8. The predicted octanol–water partition coefficient (Wildman–Crippen LogP) is 10.8. The summed E-state index contributed by atoms with van der Waals surface area (Å²) in [4.78, 5) is 28.2. The molecule has 6 aliphatic rings. The van der Waals surface area contributed by atoms with Gasteiger partial charge in [0.15, 0.2) is 35.3 Å². The Hall–Kier alpha value is -2.03. The molecule has 13 nitrogen and oxygen atoms in total. The third-order valence-corrected chi connectivity index (χ3v) is 29.3. The van der Waals surface area contributed by atoms with Gasteiger partial charge in [0.2, 0.25) is 0 Å². The number of Topliss-reactive ketones (excluding diaryl/α,β-unsaturated/α-hetero) is 1. The Kier molecular flexibility index (Phi) is 17.4. The van der Waals surface area contributed by atoms with Crippen LogP contribution in [0.4, 0.5) is 0 Å². The Morgan fingerprint density at radius 3 is 2.08 bits per heavy atom. The molecule has 0 aromatic heterocycles. The van der Waals surface area contributed by atoms with Gasteiger partial charge in [0.25, 0.3) is 0 Å². The first-order valence-corrected chi connectivity index (χ1v) is 33.7. The van der Waals surface area contributed by atoms with Crippen LogP contribution in [0.1, 0.15) is 151 Å². The highest BCUT2D eigenvalue weighted by molar-refractivity contribution is 6.74. The van der Waals surface area contributed by atoms with E-state index in [2.05, 4.69) is 102 Å². The van der Waals surface area contributed by atoms with E-state index in [9.17, 15) is 24.9 Å². The summed E-state index contributed by atoms with van der Waals surface area (Å²) in [6.45, 7) is 34.7. The van der Waals surface area contributed by atoms with Crippen molar-refractivity contribution in [2.24, 2.45) is 46.3 Å².